The van der Waals surface area contributed by atoms with Gasteiger partial charge in [0.05, 0.1) is 5.56 Å². The van der Waals surface area contributed by atoms with Gasteiger partial charge in [-0.15, -0.1) is 0 Å². The first-order chi connectivity index (χ1) is 15.8. The molecule has 172 valence electrons. The number of alkyl halides is 3. The highest BCUT2D eigenvalue weighted by Crippen LogP contribution is 2.30. The van der Waals surface area contributed by atoms with E-state index >= 15 is 0 Å². The third-order valence-electron chi connectivity index (χ3n) is 5.88. The molecule has 2 heterocycles. The Balaban J connectivity index is 1.51. The van der Waals surface area contributed by atoms with Crippen LogP contribution in [0.3, 0.4) is 0 Å². The molecule has 0 bridgehead atoms. The number of rotatable bonds is 7. The summed E-state index contributed by atoms with van der Waals surface area (Å²) < 4.78 is 39.8. The largest absolute Gasteiger partial charge is 0.416 e. The second kappa shape index (κ2) is 9.62. The molecule has 4 rings (SSSR count). The third-order valence-corrected chi connectivity index (χ3v) is 5.88. The van der Waals surface area contributed by atoms with E-state index in [2.05, 4.69) is 10.2 Å². The zero-order valence-corrected chi connectivity index (χ0v) is 18.0. The molecule has 0 radical (unpaired) electrons. The van der Waals surface area contributed by atoms with E-state index in [4.69, 9.17) is 5.41 Å². The Morgan fingerprint density at radius 3 is 2.33 bits per heavy atom. The van der Waals surface area contributed by atoms with Crippen molar-refractivity contribution in [2.24, 2.45) is 0 Å². The van der Waals surface area contributed by atoms with Crippen molar-refractivity contribution in [1.82, 2.24) is 9.47 Å². The molecule has 2 aromatic carbocycles. The van der Waals surface area contributed by atoms with Gasteiger partial charge in [0.2, 0.25) is 0 Å². The molecule has 1 fully saturated rings. The first kappa shape index (κ1) is 22.8. The number of nitrogens with one attached hydrogen (secondary N) is 2. The zero-order valence-electron chi connectivity index (χ0n) is 18.0. The van der Waals surface area contributed by atoms with Crippen molar-refractivity contribution >= 4 is 11.9 Å². The van der Waals surface area contributed by atoms with E-state index in [9.17, 15) is 18.0 Å². The molecule has 0 spiro atoms. The Morgan fingerprint density at radius 2 is 1.70 bits per heavy atom. The van der Waals surface area contributed by atoms with Gasteiger partial charge in [0.25, 0.3) is 5.56 Å². The number of benzene rings is 2. The number of pyridine rings is 1. The Morgan fingerprint density at radius 1 is 0.970 bits per heavy atom. The minimum Gasteiger partial charge on any atom is -0.383 e. The summed E-state index contributed by atoms with van der Waals surface area (Å²) in [6.45, 7) is 3.99. The lowest BCUT2D eigenvalue weighted by Crippen LogP contribution is -2.26. The quantitative estimate of drug-likeness (QED) is 0.493. The molecule has 1 aliphatic rings. The molecule has 3 aromatic rings. The first-order valence-electron chi connectivity index (χ1n) is 10.9. The summed E-state index contributed by atoms with van der Waals surface area (Å²) >= 11 is 0. The molecule has 0 aliphatic carbocycles. The van der Waals surface area contributed by atoms with Crippen LogP contribution in [0.2, 0.25) is 0 Å². The number of anilines is 1. The summed E-state index contributed by atoms with van der Waals surface area (Å²) in [6.07, 6.45) is 0.936. The molecule has 0 amide bonds. The minimum absolute atomic E-state index is 0.307. The van der Waals surface area contributed by atoms with Gasteiger partial charge in [0.15, 0.2) is 0 Å². The van der Waals surface area contributed by atoms with Gasteiger partial charge in [-0.25, -0.2) is 0 Å². The van der Waals surface area contributed by atoms with E-state index in [1.165, 1.54) is 41.8 Å². The van der Waals surface area contributed by atoms with E-state index in [1.807, 2.05) is 12.1 Å². The fraction of sp³-hybridized carbons (Fsp3) is 0.280. The summed E-state index contributed by atoms with van der Waals surface area (Å²) in [5.41, 5.74) is 2.16. The maximum atomic E-state index is 12.8. The van der Waals surface area contributed by atoms with Gasteiger partial charge in [-0.1, -0.05) is 12.1 Å². The average molecular weight is 454 g/mol. The van der Waals surface area contributed by atoms with Crippen molar-refractivity contribution in [3.05, 3.63) is 82.3 Å². The highest BCUT2D eigenvalue weighted by Gasteiger charge is 2.30. The highest BCUT2D eigenvalue weighted by molar-refractivity contribution is 5.86. The maximum Gasteiger partial charge on any atom is 0.416 e. The van der Waals surface area contributed by atoms with Crippen LogP contribution in [0.5, 0.6) is 0 Å². The number of halogens is 3. The van der Waals surface area contributed by atoms with Crippen molar-refractivity contribution in [2.75, 3.05) is 31.5 Å². The topological polar surface area (TPSA) is 61.1 Å². The summed E-state index contributed by atoms with van der Waals surface area (Å²) in [6, 6.07) is 13.3. The predicted molar refractivity (Wildman–Crippen MR) is 125 cm³/mol. The molecule has 33 heavy (non-hydrogen) atoms. The Hall–Kier alpha value is -3.39. The number of hydrogen-bond donors (Lipinski definition) is 2. The zero-order chi connectivity index (χ0) is 23.4. The molecule has 0 atom stereocenters. The van der Waals surface area contributed by atoms with Crippen LogP contribution in [0.15, 0.2) is 65.6 Å². The third kappa shape index (κ3) is 5.34. The van der Waals surface area contributed by atoms with Gasteiger partial charge < -0.3 is 15.6 Å². The van der Waals surface area contributed by atoms with Crippen molar-refractivity contribution < 1.29 is 13.2 Å². The summed E-state index contributed by atoms with van der Waals surface area (Å²) in [5, 5.41) is 11.1. The smallest absolute Gasteiger partial charge is 0.383 e. The number of aromatic nitrogens is 1. The summed E-state index contributed by atoms with van der Waals surface area (Å²) in [4.78, 5) is 15.2. The Kier molecular flexibility index (Phi) is 6.65. The minimum atomic E-state index is -4.40. The highest BCUT2D eigenvalue weighted by atomic mass is 19.4. The molecule has 1 aromatic heterocycles. The van der Waals surface area contributed by atoms with Gasteiger partial charge in [-0.3, -0.25) is 9.36 Å². The molecule has 5 nitrogen and oxygen atoms in total. The first-order valence-corrected chi connectivity index (χ1v) is 10.9. The second-order valence-electron chi connectivity index (χ2n) is 8.09. The molecule has 1 aliphatic heterocycles. The van der Waals surface area contributed by atoms with Crippen LogP contribution in [0, 0.1) is 5.41 Å². The fourth-order valence-electron chi connectivity index (χ4n) is 4.06. The molecule has 0 unspecified atom stereocenters. The van der Waals surface area contributed by atoms with Gasteiger partial charge in [0, 0.05) is 48.5 Å². The predicted octanol–water partition coefficient (Wildman–Crippen LogP) is 5.03. The Labute approximate surface area is 190 Å². The van der Waals surface area contributed by atoms with Crippen LogP contribution in [0.1, 0.15) is 24.0 Å². The maximum absolute atomic E-state index is 12.8. The van der Waals surface area contributed by atoms with Crippen LogP contribution >= 0.6 is 0 Å². The van der Waals surface area contributed by atoms with Crippen molar-refractivity contribution in [3.8, 4) is 16.8 Å². The van der Waals surface area contributed by atoms with Crippen molar-refractivity contribution in [2.45, 2.75) is 19.0 Å². The molecule has 2 N–H and O–H groups in total. The van der Waals surface area contributed by atoms with Crippen LogP contribution in [-0.4, -0.2) is 41.9 Å². The van der Waals surface area contributed by atoms with Gasteiger partial charge in [0.1, 0.15) is 0 Å². The number of nitrogens with zero attached hydrogens (tertiary/aromatic N) is 2. The van der Waals surface area contributed by atoms with Crippen LogP contribution in [0.25, 0.3) is 16.8 Å². The van der Waals surface area contributed by atoms with Crippen molar-refractivity contribution in [3.63, 3.8) is 0 Å². The van der Waals surface area contributed by atoms with Gasteiger partial charge in [-0.2, -0.15) is 13.2 Å². The lowest BCUT2D eigenvalue weighted by Gasteiger charge is -2.17. The van der Waals surface area contributed by atoms with E-state index in [1.54, 1.807) is 18.3 Å². The SMILES string of the molecule is N=Cc1cc(-n2ccc(-c3ccc(C(F)(F)F)cc3)cc2=O)ccc1NCCN1CCCC1. The lowest BCUT2D eigenvalue weighted by molar-refractivity contribution is -0.137. The summed E-state index contributed by atoms with van der Waals surface area (Å²) in [7, 11) is 0. The molecule has 8 heteroatoms. The van der Waals surface area contributed by atoms with Gasteiger partial charge >= 0.3 is 6.18 Å². The van der Waals surface area contributed by atoms with Gasteiger partial charge in [-0.05, 0) is 73.5 Å². The van der Waals surface area contributed by atoms with Crippen LogP contribution < -0.4 is 10.9 Å². The number of hydrogen-bond acceptors (Lipinski definition) is 4. The monoisotopic (exact) mass is 454 g/mol. The van der Waals surface area contributed by atoms with Crippen LogP contribution in [-0.2, 0) is 6.18 Å². The fourth-order valence-corrected chi connectivity index (χ4v) is 4.06. The second-order valence-corrected chi connectivity index (χ2v) is 8.09. The van der Waals surface area contributed by atoms with E-state index < -0.39 is 11.7 Å². The summed E-state index contributed by atoms with van der Waals surface area (Å²) in [5.74, 6) is 0. The van der Waals surface area contributed by atoms with E-state index in [-0.39, 0.29) is 5.56 Å². The van der Waals surface area contributed by atoms with Crippen LogP contribution in [0.4, 0.5) is 18.9 Å². The number of likely N-dealkylation sites (tertiary alicyclic amines) is 1. The molecular formula is C25H25F3N4O. The van der Waals surface area contributed by atoms with E-state index in [0.717, 1.165) is 44.0 Å². The molecule has 1 saturated heterocycles. The van der Waals surface area contributed by atoms with Crippen molar-refractivity contribution in [1.29, 1.82) is 5.41 Å². The standard InChI is InChI=1S/C25H25F3N4O/c26-25(27,28)21-5-3-18(4-6-21)19-9-13-32(24(33)16-19)22-7-8-23(20(15-22)17-29)30-10-14-31-11-1-2-12-31/h3-9,13,15-17,29-30H,1-2,10-12,14H2. The Bertz CT molecular complexity index is 1180. The van der Waals surface area contributed by atoms with E-state index in [0.29, 0.717) is 22.4 Å². The molecular weight excluding hydrogens is 429 g/mol. The average Bonchev–Trinajstić information content (AvgIpc) is 3.32. The lowest BCUT2D eigenvalue weighted by atomic mass is 10.0. The normalized spacial score (nSPS) is 14.4. The molecule has 0 saturated carbocycles.